The molecule has 1 aromatic heterocycles. The van der Waals surface area contributed by atoms with Crippen LogP contribution >= 0.6 is 0 Å². The number of benzene rings is 1. The molecule has 114 valence electrons. The van der Waals surface area contributed by atoms with Gasteiger partial charge in [-0.3, -0.25) is 0 Å². The van der Waals surface area contributed by atoms with Crippen LogP contribution in [0.15, 0.2) is 24.3 Å². The molecule has 1 aromatic carbocycles. The molecule has 1 aliphatic heterocycles. The van der Waals surface area contributed by atoms with Crippen molar-refractivity contribution in [1.29, 1.82) is 0 Å². The molecule has 21 heavy (non-hydrogen) atoms. The quantitative estimate of drug-likeness (QED) is 0.831. The lowest BCUT2D eigenvalue weighted by Crippen LogP contribution is -2.35. The van der Waals surface area contributed by atoms with E-state index in [0.29, 0.717) is 5.82 Å². The summed E-state index contributed by atoms with van der Waals surface area (Å²) in [6, 6.07) is 7.38. The van der Waals surface area contributed by atoms with Gasteiger partial charge in [0, 0.05) is 0 Å². The van der Waals surface area contributed by atoms with Crippen molar-refractivity contribution in [1.82, 2.24) is 14.7 Å². The Kier molecular flexibility index (Phi) is 3.50. The first kappa shape index (κ1) is 14.5. The van der Waals surface area contributed by atoms with Gasteiger partial charge in [0.15, 0.2) is 9.84 Å². The standard InChI is InChI=1S/C12H15N3O4S2/c16-20(17)6-5-9(8-20)21(18,19)13-7-12-14-10-3-1-2-4-11(10)15-12/h1-4,9,13H,5-8H2,(H,14,15). The summed E-state index contributed by atoms with van der Waals surface area (Å²) in [7, 11) is -6.88. The van der Waals surface area contributed by atoms with E-state index in [2.05, 4.69) is 14.7 Å². The first-order chi connectivity index (χ1) is 9.86. The van der Waals surface area contributed by atoms with Crippen molar-refractivity contribution in [2.75, 3.05) is 11.5 Å². The molecule has 0 aliphatic carbocycles. The number of H-pyrrole nitrogens is 1. The Hall–Kier alpha value is -1.45. The van der Waals surface area contributed by atoms with Gasteiger partial charge in [0.05, 0.1) is 34.3 Å². The highest BCUT2D eigenvalue weighted by Crippen LogP contribution is 2.18. The summed E-state index contributed by atoms with van der Waals surface area (Å²) in [5, 5.41) is -0.869. The third-order valence-electron chi connectivity index (χ3n) is 3.51. The molecule has 0 saturated carbocycles. The molecule has 9 heteroatoms. The van der Waals surface area contributed by atoms with Crippen LogP contribution in [0.1, 0.15) is 12.2 Å². The molecule has 1 fully saturated rings. The number of para-hydroxylation sites is 2. The van der Waals surface area contributed by atoms with E-state index < -0.39 is 25.1 Å². The van der Waals surface area contributed by atoms with Crippen LogP contribution in [0.2, 0.25) is 0 Å². The molecule has 2 aromatic rings. The number of hydrogen-bond donors (Lipinski definition) is 2. The Labute approximate surface area is 122 Å². The van der Waals surface area contributed by atoms with Crippen LogP contribution in [0.5, 0.6) is 0 Å². The van der Waals surface area contributed by atoms with Crippen molar-refractivity contribution >= 4 is 30.9 Å². The molecule has 0 radical (unpaired) electrons. The third-order valence-corrected chi connectivity index (χ3v) is 7.31. The number of sulfone groups is 1. The summed E-state index contributed by atoms with van der Waals surface area (Å²) in [6.07, 6.45) is 0.151. The Balaban J connectivity index is 1.72. The van der Waals surface area contributed by atoms with E-state index in [1.807, 2.05) is 24.3 Å². The van der Waals surface area contributed by atoms with Crippen LogP contribution in [0, 0.1) is 0 Å². The number of rotatable bonds is 4. The molecular formula is C12H15N3O4S2. The number of imidazole rings is 1. The van der Waals surface area contributed by atoms with Crippen LogP contribution in [0.3, 0.4) is 0 Å². The second-order valence-corrected chi connectivity index (χ2v) is 9.37. The van der Waals surface area contributed by atoms with Crippen molar-refractivity contribution < 1.29 is 16.8 Å². The minimum absolute atomic E-state index is 0.0214. The van der Waals surface area contributed by atoms with Crippen molar-refractivity contribution in [3.8, 4) is 0 Å². The van der Waals surface area contributed by atoms with Crippen LogP contribution in [0.25, 0.3) is 11.0 Å². The van der Waals surface area contributed by atoms with Crippen molar-refractivity contribution in [2.45, 2.75) is 18.2 Å². The molecule has 0 amide bonds. The predicted molar refractivity (Wildman–Crippen MR) is 78.9 cm³/mol. The van der Waals surface area contributed by atoms with Crippen LogP contribution in [-0.2, 0) is 26.4 Å². The Morgan fingerprint density at radius 1 is 1.33 bits per heavy atom. The zero-order chi connectivity index (χ0) is 15.1. The third kappa shape index (κ3) is 3.09. The Bertz CT molecular complexity index is 838. The van der Waals surface area contributed by atoms with E-state index in [9.17, 15) is 16.8 Å². The molecule has 0 bridgehead atoms. The predicted octanol–water partition coefficient (Wildman–Crippen LogP) is 0.169. The lowest BCUT2D eigenvalue weighted by molar-refractivity contribution is 0.566. The fourth-order valence-electron chi connectivity index (χ4n) is 2.38. The zero-order valence-electron chi connectivity index (χ0n) is 11.1. The van der Waals surface area contributed by atoms with Gasteiger partial charge in [-0.1, -0.05) is 12.1 Å². The van der Waals surface area contributed by atoms with E-state index in [4.69, 9.17) is 0 Å². The lowest BCUT2D eigenvalue weighted by Gasteiger charge is -2.10. The van der Waals surface area contributed by atoms with Gasteiger partial charge in [-0.05, 0) is 18.6 Å². The summed E-state index contributed by atoms with van der Waals surface area (Å²) in [5.41, 5.74) is 1.59. The normalized spacial score (nSPS) is 21.8. The minimum atomic E-state index is -3.66. The minimum Gasteiger partial charge on any atom is -0.341 e. The van der Waals surface area contributed by atoms with Gasteiger partial charge in [0.2, 0.25) is 10.0 Å². The maximum absolute atomic E-state index is 12.1. The fourth-order valence-corrected chi connectivity index (χ4v) is 6.41. The van der Waals surface area contributed by atoms with Crippen LogP contribution in [0.4, 0.5) is 0 Å². The monoisotopic (exact) mass is 329 g/mol. The maximum atomic E-state index is 12.1. The van der Waals surface area contributed by atoms with E-state index in [0.717, 1.165) is 11.0 Å². The maximum Gasteiger partial charge on any atom is 0.215 e. The molecule has 1 atom stereocenters. The molecular weight excluding hydrogens is 314 g/mol. The van der Waals surface area contributed by atoms with E-state index in [1.165, 1.54) is 0 Å². The van der Waals surface area contributed by atoms with Gasteiger partial charge in [-0.2, -0.15) is 0 Å². The number of aromatic nitrogens is 2. The average molecular weight is 329 g/mol. The smallest absolute Gasteiger partial charge is 0.215 e. The first-order valence-corrected chi connectivity index (χ1v) is 9.85. The summed E-state index contributed by atoms with van der Waals surface area (Å²) < 4.78 is 49.4. The number of nitrogens with one attached hydrogen (secondary N) is 2. The molecule has 3 rings (SSSR count). The van der Waals surface area contributed by atoms with Gasteiger partial charge in [-0.25, -0.2) is 26.5 Å². The largest absolute Gasteiger partial charge is 0.341 e. The fraction of sp³-hybridized carbons (Fsp3) is 0.417. The second kappa shape index (κ2) is 5.08. The molecule has 1 aliphatic rings. The van der Waals surface area contributed by atoms with Gasteiger partial charge in [0.1, 0.15) is 5.82 Å². The highest BCUT2D eigenvalue weighted by Gasteiger charge is 2.36. The molecule has 2 N–H and O–H groups in total. The summed E-state index contributed by atoms with van der Waals surface area (Å²) in [5.74, 6) is 0.131. The average Bonchev–Trinajstić information content (AvgIpc) is 2.99. The van der Waals surface area contributed by atoms with Crippen LogP contribution < -0.4 is 4.72 Å². The zero-order valence-corrected chi connectivity index (χ0v) is 12.7. The van der Waals surface area contributed by atoms with E-state index in [1.54, 1.807) is 0 Å². The van der Waals surface area contributed by atoms with Crippen LogP contribution in [-0.4, -0.2) is 43.6 Å². The molecule has 0 spiro atoms. The Morgan fingerprint density at radius 2 is 2.10 bits per heavy atom. The van der Waals surface area contributed by atoms with Gasteiger partial charge < -0.3 is 4.98 Å². The molecule has 1 saturated heterocycles. The first-order valence-electron chi connectivity index (χ1n) is 6.48. The van der Waals surface area contributed by atoms with Crippen molar-refractivity contribution in [3.63, 3.8) is 0 Å². The van der Waals surface area contributed by atoms with E-state index in [-0.39, 0.29) is 24.5 Å². The van der Waals surface area contributed by atoms with E-state index >= 15 is 0 Å². The molecule has 7 nitrogen and oxygen atoms in total. The second-order valence-electron chi connectivity index (χ2n) is 5.09. The topological polar surface area (TPSA) is 109 Å². The van der Waals surface area contributed by atoms with Crippen molar-refractivity contribution in [2.24, 2.45) is 0 Å². The number of hydrogen-bond acceptors (Lipinski definition) is 5. The number of sulfonamides is 1. The van der Waals surface area contributed by atoms with Gasteiger partial charge in [0.25, 0.3) is 0 Å². The highest BCUT2D eigenvalue weighted by molar-refractivity contribution is 7.95. The number of fused-ring (bicyclic) bond motifs is 1. The highest BCUT2D eigenvalue weighted by atomic mass is 32.2. The number of nitrogens with zero attached hydrogens (tertiary/aromatic N) is 1. The van der Waals surface area contributed by atoms with Gasteiger partial charge in [-0.15, -0.1) is 0 Å². The van der Waals surface area contributed by atoms with Crippen molar-refractivity contribution in [3.05, 3.63) is 30.1 Å². The van der Waals surface area contributed by atoms with Gasteiger partial charge >= 0.3 is 0 Å². The summed E-state index contributed by atoms with van der Waals surface area (Å²) in [6.45, 7) is 0.0214. The summed E-state index contributed by atoms with van der Waals surface area (Å²) in [4.78, 5) is 7.29. The SMILES string of the molecule is O=S1(=O)CCC(S(=O)(=O)NCc2nc3ccccc3[nH]2)C1. The molecule has 2 heterocycles. The Morgan fingerprint density at radius 3 is 2.76 bits per heavy atom. The molecule has 1 unspecified atom stereocenters. The lowest BCUT2D eigenvalue weighted by atomic mass is 10.3. The number of aromatic amines is 1. The summed E-state index contributed by atoms with van der Waals surface area (Å²) >= 11 is 0.